The van der Waals surface area contributed by atoms with E-state index < -0.39 is 5.91 Å². The van der Waals surface area contributed by atoms with Gasteiger partial charge in [0.1, 0.15) is 0 Å². The van der Waals surface area contributed by atoms with Crippen molar-refractivity contribution in [1.82, 2.24) is 18.7 Å². The van der Waals surface area contributed by atoms with Gasteiger partial charge in [0, 0.05) is 0 Å². The minimum absolute atomic E-state index is 1.16. The zero-order valence-corrected chi connectivity index (χ0v) is 20.2. The predicted octanol–water partition coefficient (Wildman–Crippen LogP) is 5.66. The second-order valence-corrected chi connectivity index (χ2v) is 15.9. The molecule has 148 valence electrons. The SMILES string of the molecule is CCCCCCN(CCCCCC)P(Br)(N(C)C)(N(C)C)N(C)C. The molecule has 4 nitrogen and oxygen atoms in total. The summed E-state index contributed by atoms with van der Waals surface area (Å²) in [5.41, 5.74) is 0. The Labute approximate surface area is 160 Å². The van der Waals surface area contributed by atoms with Crippen molar-refractivity contribution in [2.24, 2.45) is 0 Å². The number of rotatable bonds is 14. The molecule has 0 aliphatic carbocycles. The molecule has 0 fully saturated rings. The Hall–Kier alpha value is 0.750. The number of hydrogen-bond donors (Lipinski definition) is 0. The van der Waals surface area contributed by atoms with Crippen LogP contribution < -0.4 is 0 Å². The van der Waals surface area contributed by atoms with E-state index in [1.54, 1.807) is 0 Å². The molecule has 0 atom stereocenters. The van der Waals surface area contributed by atoms with Gasteiger partial charge in [-0.05, 0) is 0 Å². The molecule has 24 heavy (non-hydrogen) atoms. The molecular weight excluding hydrogens is 383 g/mol. The Kier molecular flexibility index (Phi) is 11.8. The summed E-state index contributed by atoms with van der Waals surface area (Å²) in [4.78, 5) is 0. The van der Waals surface area contributed by atoms with E-state index in [1.807, 2.05) is 0 Å². The molecule has 0 heterocycles. The van der Waals surface area contributed by atoms with Crippen LogP contribution >= 0.6 is 21.4 Å². The van der Waals surface area contributed by atoms with Crippen LogP contribution in [0.25, 0.3) is 0 Å². The topological polar surface area (TPSA) is 13.0 Å². The zero-order valence-electron chi connectivity index (χ0n) is 17.7. The van der Waals surface area contributed by atoms with E-state index in [9.17, 15) is 0 Å². The summed E-state index contributed by atoms with van der Waals surface area (Å²) in [5, 5.41) is 0. The second-order valence-electron chi connectivity index (χ2n) is 7.46. The quantitative estimate of drug-likeness (QED) is 0.262. The summed E-state index contributed by atoms with van der Waals surface area (Å²) < 4.78 is 10.0. The second kappa shape index (κ2) is 11.5. The van der Waals surface area contributed by atoms with E-state index in [0.717, 1.165) is 13.1 Å². The van der Waals surface area contributed by atoms with E-state index >= 15 is 0 Å². The van der Waals surface area contributed by atoms with Crippen LogP contribution in [0.4, 0.5) is 0 Å². The molecule has 0 spiro atoms. The van der Waals surface area contributed by atoms with Crippen molar-refractivity contribution in [2.75, 3.05) is 55.4 Å². The molecule has 0 unspecified atom stereocenters. The molecule has 0 N–H and O–H groups in total. The van der Waals surface area contributed by atoms with Crippen molar-refractivity contribution in [1.29, 1.82) is 0 Å². The molecule has 0 aliphatic rings. The Morgan fingerprint density at radius 1 is 0.583 bits per heavy atom. The van der Waals surface area contributed by atoms with E-state index in [1.165, 1.54) is 51.4 Å². The Balaban J connectivity index is 5.46. The number of unbranched alkanes of at least 4 members (excludes halogenated alkanes) is 6. The fourth-order valence-electron chi connectivity index (χ4n) is 3.73. The van der Waals surface area contributed by atoms with Crippen LogP contribution in [0.1, 0.15) is 65.2 Å². The van der Waals surface area contributed by atoms with Gasteiger partial charge in [0.25, 0.3) is 0 Å². The summed E-state index contributed by atoms with van der Waals surface area (Å²) >= 11 is 4.33. The first-order valence-electron chi connectivity index (χ1n) is 9.70. The first-order chi connectivity index (χ1) is 11.2. The normalized spacial score (nSPS) is 14.8. The van der Waals surface area contributed by atoms with Crippen LogP contribution in [0.2, 0.25) is 0 Å². The van der Waals surface area contributed by atoms with Crippen LogP contribution in [0.15, 0.2) is 0 Å². The number of hydrogen-bond acceptors (Lipinski definition) is 4. The van der Waals surface area contributed by atoms with Crippen molar-refractivity contribution in [2.45, 2.75) is 65.2 Å². The van der Waals surface area contributed by atoms with Crippen LogP contribution in [0, 0.1) is 0 Å². The van der Waals surface area contributed by atoms with Gasteiger partial charge in [-0.25, -0.2) is 0 Å². The predicted molar refractivity (Wildman–Crippen MR) is 117 cm³/mol. The monoisotopic (exact) mass is 426 g/mol. The molecule has 0 aliphatic heterocycles. The summed E-state index contributed by atoms with van der Waals surface area (Å²) in [6.07, 6.45) is 10.5. The van der Waals surface area contributed by atoms with E-state index in [-0.39, 0.29) is 0 Å². The van der Waals surface area contributed by atoms with Gasteiger partial charge in [-0.1, -0.05) is 0 Å². The van der Waals surface area contributed by atoms with Crippen LogP contribution in [0.3, 0.4) is 0 Å². The summed E-state index contributed by atoms with van der Waals surface area (Å²) in [6, 6.07) is 0. The Bertz CT molecular complexity index is 300. The van der Waals surface area contributed by atoms with E-state index in [0.29, 0.717) is 0 Å². The fourth-order valence-corrected chi connectivity index (χ4v) is 9.32. The van der Waals surface area contributed by atoms with E-state index in [4.69, 9.17) is 0 Å². The molecule has 6 heteroatoms. The number of nitrogens with zero attached hydrogens (tertiary/aromatic N) is 4. The summed E-state index contributed by atoms with van der Waals surface area (Å²) in [7, 11) is 13.3. The van der Waals surface area contributed by atoms with Crippen molar-refractivity contribution in [3.8, 4) is 0 Å². The van der Waals surface area contributed by atoms with Gasteiger partial charge in [0.05, 0.1) is 0 Å². The summed E-state index contributed by atoms with van der Waals surface area (Å²) in [6.45, 7) is 6.88. The maximum absolute atomic E-state index is 4.33. The molecule has 0 saturated heterocycles. The first-order valence-corrected chi connectivity index (χ1v) is 13.8. The average molecular weight is 427 g/mol. The van der Waals surface area contributed by atoms with Gasteiger partial charge in [-0.15, -0.1) is 0 Å². The Morgan fingerprint density at radius 2 is 0.917 bits per heavy atom. The van der Waals surface area contributed by atoms with Crippen molar-refractivity contribution in [3.63, 3.8) is 0 Å². The molecule has 0 bridgehead atoms. The third-order valence-electron chi connectivity index (χ3n) is 5.09. The molecule has 0 aromatic rings. The molecule has 0 rings (SSSR count). The summed E-state index contributed by atoms with van der Waals surface area (Å²) in [5.74, 6) is -2.63. The molecule has 0 aromatic carbocycles. The average Bonchev–Trinajstić information content (AvgIpc) is 2.51. The van der Waals surface area contributed by atoms with Gasteiger partial charge in [-0.2, -0.15) is 0 Å². The standard InChI is InChI=1S/C18H44BrN4P/c1-9-11-13-15-17-23(18-16-14-12-10-2)24(19,20(3)4,21(5)6)22(7)8/h9-18H2,1-8H3. The van der Waals surface area contributed by atoms with Crippen LogP contribution in [0.5, 0.6) is 0 Å². The Morgan fingerprint density at radius 3 is 1.17 bits per heavy atom. The minimum atomic E-state index is -2.63. The fraction of sp³-hybridized carbons (Fsp3) is 1.00. The molecule has 0 aromatic heterocycles. The zero-order chi connectivity index (χ0) is 18.8. The first kappa shape index (κ1) is 24.8. The number of halogens is 1. The maximum atomic E-state index is 4.33. The van der Waals surface area contributed by atoms with Crippen molar-refractivity contribution in [3.05, 3.63) is 0 Å². The van der Waals surface area contributed by atoms with Crippen LogP contribution in [-0.2, 0) is 0 Å². The van der Waals surface area contributed by atoms with Crippen LogP contribution in [-0.4, -0.2) is 74.1 Å². The third-order valence-corrected chi connectivity index (χ3v) is 17.6. The van der Waals surface area contributed by atoms with Gasteiger partial charge in [0.2, 0.25) is 0 Å². The van der Waals surface area contributed by atoms with E-state index in [2.05, 4.69) is 90.3 Å². The molecule has 0 amide bonds. The van der Waals surface area contributed by atoms with Crippen molar-refractivity contribution >= 4 is 21.4 Å². The third kappa shape index (κ3) is 5.37. The van der Waals surface area contributed by atoms with Crippen molar-refractivity contribution < 1.29 is 0 Å². The van der Waals surface area contributed by atoms with Gasteiger partial charge in [0.15, 0.2) is 0 Å². The van der Waals surface area contributed by atoms with Gasteiger partial charge < -0.3 is 0 Å². The molecule has 0 saturated carbocycles. The molecule has 0 radical (unpaired) electrons. The van der Waals surface area contributed by atoms with Gasteiger partial charge >= 0.3 is 161 Å². The van der Waals surface area contributed by atoms with Gasteiger partial charge in [-0.3, -0.25) is 0 Å². The molecular formula is C18H44BrN4P.